The van der Waals surface area contributed by atoms with Crippen LogP contribution in [0.25, 0.3) is 120 Å². The van der Waals surface area contributed by atoms with Gasteiger partial charge in [0.15, 0.2) is 0 Å². The lowest BCUT2D eigenvalue weighted by Gasteiger charge is -2.13. The minimum absolute atomic E-state index is 0.368. The molecule has 12 rings (SSSR count). The fourth-order valence-electron chi connectivity index (χ4n) is 10.2. The van der Waals surface area contributed by atoms with Gasteiger partial charge in [-0.15, -0.1) is 0 Å². The molecule has 0 aliphatic carbocycles. The van der Waals surface area contributed by atoms with E-state index < -0.39 is 0 Å². The first-order chi connectivity index (χ1) is 28.1. The Balaban J connectivity index is 1.32. The molecule has 0 N–H and O–H groups in total. The first-order valence-corrected chi connectivity index (χ1v) is 20.2. The van der Waals surface area contributed by atoms with E-state index >= 15 is 0 Å². The van der Waals surface area contributed by atoms with Gasteiger partial charge in [0.1, 0.15) is 0 Å². The van der Waals surface area contributed by atoms with Crippen LogP contribution in [0.3, 0.4) is 0 Å². The Labute approximate surface area is 331 Å². The molecule has 12 aromatic rings. The largest absolute Gasteiger partial charge is 0.0622 e. The third-order valence-corrected chi connectivity index (χ3v) is 12.7. The highest BCUT2D eigenvalue weighted by molar-refractivity contribution is 6.44. The average molecular weight is 723 g/mol. The second kappa shape index (κ2) is 12.2. The lowest BCUT2D eigenvalue weighted by atomic mass is 9.90. The van der Waals surface area contributed by atoms with Gasteiger partial charge >= 0.3 is 0 Å². The van der Waals surface area contributed by atoms with Crippen LogP contribution in [0, 0.1) is 0 Å². The summed E-state index contributed by atoms with van der Waals surface area (Å²) in [7, 11) is 0. The van der Waals surface area contributed by atoms with Crippen LogP contribution < -0.4 is 0 Å². The zero-order chi connectivity index (χ0) is 37.8. The molecule has 266 valence electrons. The van der Waals surface area contributed by atoms with Gasteiger partial charge in [-0.2, -0.15) is 0 Å². The van der Waals surface area contributed by atoms with Crippen LogP contribution in [0.15, 0.2) is 188 Å². The number of fused-ring (bicyclic) bond motifs is 9. The number of hydrogen-bond donors (Lipinski definition) is 0. The Hall–Kier alpha value is -7.02. The molecule has 0 unspecified atom stereocenters. The number of hydrogen-bond acceptors (Lipinski definition) is 0. The van der Waals surface area contributed by atoms with Crippen molar-refractivity contribution in [2.24, 2.45) is 0 Å². The smallest absolute Gasteiger partial charge is 0.00137 e. The van der Waals surface area contributed by atoms with E-state index in [1.807, 2.05) is 0 Å². The van der Waals surface area contributed by atoms with Crippen LogP contribution in [-0.2, 0) is 0 Å². The third-order valence-electron chi connectivity index (χ3n) is 12.7. The van der Waals surface area contributed by atoms with Crippen LogP contribution in [0.5, 0.6) is 0 Å². The molecule has 0 heterocycles. The van der Waals surface area contributed by atoms with Crippen molar-refractivity contribution in [3.8, 4) is 44.5 Å². The summed E-state index contributed by atoms with van der Waals surface area (Å²) in [6.45, 7) is 4.67. The van der Waals surface area contributed by atoms with Gasteiger partial charge in [0.25, 0.3) is 0 Å². The van der Waals surface area contributed by atoms with Crippen molar-refractivity contribution < 1.29 is 0 Å². The molecule has 0 bridgehead atoms. The molecule has 0 spiro atoms. The zero-order valence-electron chi connectivity index (χ0n) is 32.0. The van der Waals surface area contributed by atoms with Crippen molar-refractivity contribution in [1.82, 2.24) is 0 Å². The summed E-state index contributed by atoms with van der Waals surface area (Å²) < 4.78 is 0. The molecular formula is C57H38. The fourth-order valence-corrected chi connectivity index (χ4v) is 10.2. The van der Waals surface area contributed by atoms with E-state index in [0.29, 0.717) is 5.92 Å². The fraction of sp³-hybridized carbons (Fsp3) is 0.0526. The normalized spacial score (nSPS) is 12.2. The maximum absolute atomic E-state index is 2.56. The first kappa shape index (κ1) is 32.2. The molecule has 0 saturated carbocycles. The highest BCUT2D eigenvalue weighted by Crippen LogP contribution is 2.53. The summed E-state index contributed by atoms with van der Waals surface area (Å²) in [6, 6.07) is 70.4. The molecule has 0 atom stereocenters. The van der Waals surface area contributed by atoms with Gasteiger partial charge in [0.2, 0.25) is 0 Å². The molecular weight excluding hydrogens is 685 g/mol. The lowest BCUT2D eigenvalue weighted by molar-refractivity contribution is 0.870. The molecule has 0 aromatic heterocycles. The van der Waals surface area contributed by atoms with E-state index in [1.54, 1.807) is 0 Å². The molecule has 0 heteroatoms. The van der Waals surface area contributed by atoms with Gasteiger partial charge in [-0.05, 0) is 144 Å². The van der Waals surface area contributed by atoms with Crippen LogP contribution in [0.1, 0.15) is 25.3 Å². The second-order valence-corrected chi connectivity index (χ2v) is 16.1. The first-order valence-electron chi connectivity index (χ1n) is 20.2. The van der Waals surface area contributed by atoms with Crippen molar-refractivity contribution in [1.29, 1.82) is 0 Å². The SMILES string of the molecule is CC(C)c1cc2c3cc4c5c(-c6ccccc6)ccc(-c6ccccc6)c5c5cccc(c3cc3c6c(-c7ccccc7)ccc(-c7ccccc7)c6c(c1)c23)c54. The van der Waals surface area contributed by atoms with Crippen molar-refractivity contribution in [2.45, 2.75) is 19.8 Å². The molecule has 0 fully saturated rings. The summed E-state index contributed by atoms with van der Waals surface area (Å²) in [5.41, 5.74) is 11.5. The Morgan fingerprint density at radius 2 is 0.579 bits per heavy atom. The van der Waals surface area contributed by atoms with Gasteiger partial charge in [0.05, 0.1) is 0 Å². The van der Waals surface area contributed by atoms with E-state index in [-0.39, 0.29) is 0 Å². The van der Waals surface area contributed by atoms with Crippen LogP contribution in [0.2, 0.25) is 0 Å². The van der Waals surface area contributed by atoms with Gasteiger partial charge < -0.3 is 0 Å². The Kier molecular flexibility index (Phi) is 6.92. The Morgan fingerprint density at radius 1 is 0.246 bits per heavy atom. The summed E-state index contributed by atoms with van der Waals surface area (Å²) in [5, 5.41) is 18.7. The van der Waals surface area contributed by atoms with E-state index in [9.17, 15) is 0 Å². The lowest BCUT2D eigenvalue weighted by Crippen LogP contribution is -1.89. The van der Waals surface area contributed by atoms with Gasteiger partial charge in [-0.1, -0.05) is 190 Å². The van der Waals surface area contributed by atoms with Crippen LogP contribution in [0.4, 0.5) is 0 Å². The van der Waals surface area contributed by atoms with E-state index in [1.165, 1.54) is 125 Å². The maximum Gasteiger partial charge on any atom is -0.00137 e. The van der Waals surface area contributed by atoms with Crippen molar-refractivity contribution >= 4 is 75.4 Å². The minimum Gasteiger partial charge on any atom is -0.0622 e. The summed E-state index contributed by atoms with van der Waals surface area (Å²) >= 11 is 0. The average Bonchev–Trinajstić information content (AvgIpc) is 3.79. The van der Waals surface area contributed by atoms with Crippen molar-refractivity contribution in [3.05, 3.63) is 194 Å². The van der Waals surface area contributed by atoms with Crippen LogP contribution >= 0.6 is 0 Å². The number of benzene rings is 10. The summed E-state index contributed by atoms with van der Waals surface area (Å²) in [4.78, 5) is 0. The van der Waals surface area contributed by atoms with E-state index in [2.05, 4.69) is 202 Å². The second-order valence-electron chi connectivity index (χ2n) is 16.1. The van der Waals surface area contributed by atoms with Gasteiger partial charge in [-0.3, -0.25) is 0 Å². The van der Waals surface area contributed by atoms with E-state index in [0.717, 1.165) is 0 Å². The zero-order valence-corrected chi connectivity index (χ0v) is 32.0. The van der Waals surface area contributed by atoms with E-state index in [4.69, 9.17) is 0 Å². The standard InChI is InChI=1S/C57H38/c1-34(2)39-30-48-47-33-50-52-44(24-15-25-45(52)54-40(35-16-7-3-8-17-35)26-27-42(56(50)54)37-20-11-5-12-21-37)46(47)32-51-53(48)49(31-39)55-41(36-18-9-4-10-19-36)28-29-43(57(51)55)38-22-13-6-14-23-38/h3-34H,1-2H3. The predicted octanol–water partition coefficient (Wildman–Crippen LogP) is 16.4. The topological polar surface area (TPSA) is 0 Å². The Morgan fingerprint density at radius 3 is 1.00 bits per heavy atom. The van der Waals surface area contributed by atoms with Crippen molar-refractivity contribution in [3.63, 3.8) is 0 Å². The molecule has 0 radical (unpaired) electrons. The maximum atomic E-state index is 2.56. The van der Waals surface area contributed by atoms with Crippen molar-refractivity contribution in [2.75, 3.05) is 0 Å². The van der Waals surface area contributed by atoms with Gasteiger partial charge in [0, 0.05) is 0 Å². The summed E-state index contributed by atoms with van der Waals surface area (Å²) in [6.07, 6.45) is 0. The molecule has 0 amide bonds. The van der Waals surface area contributed by atoms with Crippen LogP contribution in [-0.4, -0.2) is 0 Å². The minimum atomic E-state index is 0.368. The third kappa shape index (κ3) is 4.62. The molecule has 0 aliphatic heterocycles. The molecule has 12 aromatic carbocycles. The molecule has 57 heavy (non-hydrogen) atoms. The monoisotopic (exact) mass is 722 g/mol. The Bertz CT molecular complexity index is 3490. The number of rotatable bonds is 5. The molecule has 0 saturated heterocycles. The highest BCUT2D eigenvalue weighted by atomic mass is 14.3. The van der Waals surface area contributed by atoms with Gasteiger partial charge in [-0.25, -0.2) is 0 Å². The summed E-state index contributed by atoms with van der Waals surface area (Å²) in [5.74, 6) is 0.368. The highest BCUT2D eigenvalue weighted by Gasteiger charge is 2.25. The quantitative estimate of drug-likeness (QED) is 0.155. The molecule has 0 nitrogen and oxygen atoms in total. The molecule has 0 aliphatic rings. The predicted molar refractivity (Wildman–Crippen MR) is 247 cm³/mol.